The van der Waals surface area contributed by atoms with Crippen molar-refractivity contribution >= 4 is 6.09 Å². The van der Waals surface area contributed by atoms with Crippen LogP contribution in [0.25, 0.3) is 0 Å². The normalized spacial score (nSPS) is 23.8. The fourth-order valence-corrected chi connectivity index (χ4v) is 1.31. The fourth-order valence-electron chi connectivity index (χ4n) is 1.31. The monoisotopic (exact) mass is 172 g/mol. The van der Waals surface area contributed by atoms with E-state index in [2.05, 4.69) is 12.2 Å². The van der Waals surface area contributed by atoms with Gasteiger partial charge in [-0.3, -0.25) is 0 Å². The first-order valence-electron chi connectivity index (χ1n) is 4.39. The van der Waals surface area contributed by atoms with Crippen molar-refractivity contribution in [3.8, 4) is 0 Å². The molecule has 0 spiro atoms. The first-order chi connectivity index (χ1) is 5.74. The van der Waals surface area contributed by atoms with E-state index in [-0.39, 0.29) is 6.09 Å². The third-order valence-electron chi connectivity index (χ3n) is 1.89. The van der Waals surface area contributed by atoms with Gasteiger partial charge in [-0.2, -0.15) is 0 Å². The molecular weight excluding hydrogens is 156 g/mol. The van der Waals surface area contributed by atoms with Crippen LogP contribution in [0.4, 0.5) is 4.79 Å². The molecule has 0 aromatic heterocycles. The molecule has 0 bridgehead atoms. The Bertz CT molecular complexity index is 161. The summed E-state index contributed by atoms with van der Waals surface area (Å²) in [4.78, 5) is 13.0. The molecule has 1 aliphatic rings. The van der Waals surface area contributed by atoms with Crippen LogP contribution in [0.1, 0.15) is 13.8 Å². The van der Waals surface area contributed by atoms with Gasteiger partial charge in [0.15, 0.2) is 0 Å². The minimum absolute atomic E-state index is 0.189. The molecule has 1 amide bonds. The molecule has 1 fully saturated rings. The number of carbonyl (C=O) groups excluding carboxylic acids is 1. The molecule has 0 saturated carbocycles. The highest BCUT2D eigenvalue weighted by Gasteiger charge is 2.20. The summed E-state index contributed by atoms with van der Waals surface area (Å²) in [5.74, 6) is 0. The van der Waals surface area contributed by atoms with Gasteiger partial charge in [-0.25, -0.2) is 4.79 Å². The predicted molar refractivity (Wildman–Crippen MR) is 46.1 cm³/mol. The molecule has 1 N–H and O–H groups in total. The van der Waals surface area contributed by atoms with E-state index in [0.717, 1.165) is 19.6 Å². The molecule has 0 radical (unpaired) electrons. The van der Waals surface area contributed by atoms with E-state index in [1.165, 1.54) is 0 Å². The molecule has 1 aliphatic heterocycles. The van der Waals surface area contributed by atoms with E-state index >= 15 is 0 Å². The van der Waals surface area contributed by atoms with Crippen LogP contribution in [0.15, 0.2) is 0 Å². The molecule has 0 aromatic rings. The Hall–Kier alpha value is -0.770. The summed E-state index contributed by atoms with van der Waals surface area (Å²) in [5, 5.41) is 3.26. The first-order valence-corrected chi connectivity index (χ1v) is 4.39. The Labute approximate surface area is 72.9 Å². The standard InChI is InChI=1S/C8H16N2O2/c1-3-12-8(11)10-5-4-9-7(2)6-10/h7,9H,3-6H2,1-2H3. The number of ether oxygens (including phenoxy) is 1. The van der Waals surface area contributed by atoms with Crippen molar-refractivity contribution in [2.75, 3.05) is 26.2 Å². The van der Waals surface area contributed by atoms with Crippen molar-refractivity contribution in [2.24, 2.45) is 0 Å². The van der Waals surface area contributed by atoms with Gasteiger partial charge in [0.05, 0.1) is 6.61 Å². The molecular formula is C8H16N2O2. The minimum Gasteiger partial charge on any atom is -0.450 e. The molecule has 70 valence electrons. The van der Waals surface area contributed by atoms with Gasteiger partial charge < -0.3 is 15.0 Å². The Morgan fingerprint density at radius 1 is 1.75 bits per heavy atom. The summed E-state index contributed by atoms with van der Waals surface area (Å²) in [5.41, 5.74) is 0. The molecule has 1 atom stereocenters. The number of nitrogens with one attached hydrogen (secondary N) is 1. The maximum atomic E-state index is 11.2. The third-order valence-corrected chi connectivity index (χ3v) is 1.89. The number of carbonyl (C=O) groups is 1. The Morgan fingerprint density at radius 2 is 2.50 bits per heavy atom. The van der Waals surface area contributed by atoms with Gasteiger partial charge in [0, 0.05) is 25.7 Å². The number of hydrogen-bond acceptors (Lipinski definition) is 3. The van der Waals surface area contributed by atoms with Crippen LogP contribution in [0, 0.1) is 0 Å². The lowest BCUT2D eigenvalue weighted by Crippen LogP contribution is -2.51. The summed E-state index contributed by atoms with van der Waals surface area (Å²) in [6, 6.07) is 0.378. The number of amides is 1. The van der Waals surface area contributed by atoms with E-state index in [1.807, 2.05) is 6.92 Å². The molecule has 1 saturated heterocycles. The second kappa shape index (κ2) is 4.30. The summed E-state index contributed by atoms with van der Waals surface area (Å²) >= 11 is 0. The molecule has 0 aromatic carbocycles. The first kappa shape index (κ1) is 9.32. The third kappa shape index (κ3) is 2.37. The molecule has 4 nitrogen and oxygen atoms in total. The van der Waals surface area contributed by atoms with Crippen LogP contribution < -0.4 is 5.32 Å². The van der Waals surface area contributed by atoms with Crippen LogP contribution in [0.5, 0.6) is 0 Å². The van der Waals surface area contributed by atoms with Crippen molar-refractivity contribution in [1.29, 1.82) is 0 Å². The van der Waals surface area contributed by atoms with Crippen molar-refractivity contribution in [2.45, 2.75) is 19.9 Å². The van der Waals surface area contributed by atoms with Crippen LogP contribution in [0.3, 0.4) is 0 Å². The maximum absolute atomic E-state index is 11.2. The number of hydrogen-bond donors (Lipinski definition) is 1. The number of nitrogens with zero attached hydrogens (tertiary/aromatic N) is 1. The summed E-state index contributed by atoms with van der Waals surface area (Å²) in [6.45, 7) is 6.70. The second-order valence-corrected chi connectivity index (χ2v) is 3.00. The Kier molecular flexibility index (Phi) is 3.34. The lowest BCUT2D eigenvalue weighted by atomic mass is 10.2. The van der Waals surface area contributed by atoms with Gasteiger partial charge >= 0.3 is 6.09 Å². The Morgan fingerprint density at radius 3 is 3.08 bits per heavy atom. The highest BCUT2D eigenvalue weighted by Crippen LogP contribution is 2.00. The molecule has 1 rings (SSSR count). The van der Waals surface area contributed by atoms with Gasteiger partial charge in [-0.05, 0) is 13.8 Å². The smallest absolute Gasteiger partial charge is 0.409 e. The molecule has 4 heteroatoms. The summed E-state index contributed by atoms with van der Waals surface area (Å²) in [7, 11) is 0. The highest BCUT2D eigenvalue weighted by atomic mass is 16.6. The molecule has 1 unspecified atom stereocenters. The van der Waals surface area contributed by atoms with Gasteiger partial charge in [0.2, 0.25) is 0 Å². The zero-order chi connectivity index (χ0) is 8.97. The lowest BCUT2D eigenvalue weighted by Gasteiger charge is -2.30. The van der Waals surface area contributed by atoms with E-state index in [9.17, 15) is 4.79 Å². The minimum atomic E-state index is -0.189. The number of piperazine rings is 1. The predicted octanol–water partition coefficient (Wildman–Crippen LogP) is 0.437. The van der Waals surface area contributed by atoms with Crippen LogP contribution in [0.2, 0.25) is 0 Å². The van der Waals surface area contributed by atoms with Crippen molar-refractivity contribution < 1.29 is 9.53 Å². The fraction of sp³-hybridized carbons (Fsp3) is 0.875. The summed E-state index contributed by atoms with van der Waals surface area (Å²) in [6.07, 6.45) is -0.189. The van der Waals surface area contributed by atoms with Gasteiger partial charge in [-0.1, -0.05) is 0 Å². The molecule has 0 aliphatic carbocycles. The van der Waals surface area contributed by atoms with Gasteiger partial charge in [-0.15, -0.1) is 0 Å². The second-order valence-electron chi connectivity index (χ2n) is 3.00. The lowest BCUT2D eigenvalue weighted by molar-refractivity contribution is 0.0962. The van der Waals surface area contributed by atoms with Crippen molar-refractivity contribution in [3.05, 3.63) is 0 Å². The number of rotatable bonds is 1. The van der Waals surface area contributed by atoms with Gasteiger partial charge in [0.25, 0.3) is 0 Å². The zero-order valence-corrected chi connectivity index (χ0v) is 7.67. The largest absolute Gasteiger partial charge is 0.450 e. The van der Waals surface area contributed by atoms with Crippen LogP contribution >= 0.6 is 0 Å². The Balaban J connectivity index is 2.35. The SMILES string of the molecule is CCOC(=O)N1CCNC(C)C1. The average Bonchev–Trinajstić information content (AvgIpc) is 2.05. The van der Waals surface area contributed by atoms with E-state index < -0.39 is 0 Å². The van der Waals surface area contributed by atoms with Crippen molar-refractivity contribution in [1.82, 2.24) is 10.2 Å². The molecule has 12 heavy (non-hydrogen) atoms. The average molecular weight is 172 g/mol. The van der Waals surface area contributed by atoms with Gasteiger partial charge in [0.1, 0.15) is 0 Å². The van der Waals surface area contributed by atoms with E-state index in [0.29, 0.717) is 12.6 Å². The van der Waals surface area contributed by atoms with Crippen LogP contribution in [-0.2, 0) is 4.74 Å². The van der Waals surface area contributed by atoms with E-state index in [4.69, 9.17) is 4.74 Å². The summed E-state index contributed by atoms with van der Waals surface area (Å²) < 4.78 is 4.89. The van der Waals surface area contributed by atoms with E-state index in [1.54, 1.807) is 4.90 Å². The molecule has 1 heterocycles. The van der Waals surface area contributed by atoms with Crippen LogP contribution in [-0.4, -0.2) is 43.3 Å². The quantitative estimate of drug-likeness (QED) is 0.624. The highest BCUT2D eigenvalue weighted by molar-refractivity contribution is 5.67. The topological polar surface area (TPSA) is 41.6 Å². The maximum Gasteiger partial charge on any atom is 0.409 e. The zero-order valence-electron chi connectivity index (χ0n) is 7.67. The van der Waals surface area contributed by atoms with Crippen molar-refractivity contribution in [3.63, 3.8) is 0 Å².